The second-order valence-electron chi connectivity index (χ2n) is 6.42. The average molecular weight is 423 g/mol. The van der Waals surface area contributed by atoms with Gasteiger partial charge >= 0.3 is 0 Å². The Labute approximate surface area is 167 Å². The molecule has 0 unspecified atom stereocenters. The van der Waals surface area contributed by atoms with Gasteiger partial charge in [-0.15, -0.1) is 0 Å². The molecule has 0 saturated heterocycles. The third-order valence-electron chi connectivity index (χ3n) is 4.81. The summed E-state index contributed by atoms with van der Waals surface area (Å²) < 4.78 is 25.1. The Hall–Kier alpha value is -2.07. The zero-order chi connectivity index (χ0) is 19.7. The van der Waals surface area contributed by atoms with Crippen LogP contribution in [0.3, 0.4) is 0 Å². The van der Waals surface area contributed by atoms with Gasteiger partial charge in [-0.2, -0.15) is 5.26 Å². The number of rotatable bonds is 4. The van der Waals surface area contributed by atoms with Crippen LogP contribution < -0.4 is 5.32 Å². The standard InChI is InChI=1S/C19H16Cl2N2O3S/c20-14-3-6-16(7-4-14)27(25,26)19(9-1-2-10-19)18(24)23-15-5-8-17(21)13(11-15)12-22/h3-8,11H,1-2,9-10H2,(H,23,24). The lowest BCUT2D eigenvalue weighted by atomic mass is 10.1. The molecule has 0 spiro atoms. The summed E-state index contributed by atoms with van der Waals surface area (Å²) in [6.45, 7) is 0. The molecule has 0 aliphatic heterocycles. The molecule has 140 valence electrons. The molecular formula is C19H16Cl2N2O3S. The Morgan fingerprint density at radius 1 is 1.07 bits per heavy atom. The molecule has 1 N–H and O–H groups in total. The first-order valence-corrected chi connectivity index (χ1v) is 10.6. The fourth-order valence-electron chi connectivity index (χ4n) is 3.34. The molecule has 0 heterocycles. The Balaban J connectivity index is 1.98. The van der Waals surface area contributed by atoms with Gasteiger partial charge in [0.1, 0.15) is 6.07 Å². The highest BCUT2D eigenvalue weighted by molar-refractivity contribution is 7.93. The van der Waals surface area contributed by atoms with Gasteiger partial charge in [0.05, 0.1) is 15.5 Å². The summed E-state index contributed by atoms with van der Waals surface area (Å²) in [6.07, 6.45) is 1.76. The second kappa shape index (κ2) is 7.51. The van der Waals surface area contributed by atoms with Gasteiger partial charge in [-0.1, -0.05) is 36.0 Å². The fraction of sp³-hybridized carbons (Fsp3) is 0.263. The van der Waals surface area contributed by atoms with Gasteiger partial charge in [0.25, 0.3) is 0 Å². The minimum Gasteiger partial charge on any atom is -0.325 e. The van der Waals surface area contributed by atoms with Crippen LogP contribution in [0.25, 0.3) is 0 Å². The number of hydrogen-bond acceptors (Lipinski definition) is 4. The summed E-state index contributed by atoms with van der Waals surface area (Å²) in [5, 5.41) is 12.4. The molecular weight excluding hydrogens is 407 g/mol. The van der Waals surface area contributed by atoms with Crippen molar-refractivity contribution in [2.24, 2.45) is 0 Å². The van der Waals surface area contributed by atoms with Crippen LogP contribution in [-0.4, -0.2) is 19.1 Å². The predicted molar refractivity (Wildman–Crippen MR) is 105 cm³/mol. The zero-order valence-corrected chi connectivity index (χ0v) is 16.5. The van der Waals surface area contributed by atoms with Crippen LogP contribution in [0.1, 0.15) is 31.2 Å². The lowest BCUT2D eigenvalue weighted by Gasteiger charge is -2.27. The Morgan fingerprint density at radius 3 is 2.30 bits per heavy atom. The predicted octanol–water partition coefficient (Wildman–Crippen LogP) is 4.59. The summed E-state index contributed by atoms with van der Waals surface area (Å²) in [7, 11) is -3.92. The second-order valence-corrected chi connectivity index (χ2v) is 9.52. The first-order chi connectivity index (χ1) is 12.8. The van der Waals surface area contributed by atoms with Crippen LogP contribution in [0.15, 0.2) is 47.4 Å². The normalized spacial score (nSPS) is 15.9. The number of amides is 1. The number of halogens is 2. The number of carbonyl (C=O) groups excluding carboxylic acids is 1. The van der Waals surface area contributed by atoms with E-state index in [1.54, 1.807) is 6.07 Å². The summed E-state index contributed by atoms with van der Waals surface area (Å²) in [6, 6.07) is 12.2. The van der Waals surface area contributed by atoms with Crippen molar-refractivity contribution in [3.05, 3.63) is 58.1 Å². The maximum atomic E-state index is 13.3. The van der Waals surface area contributed by atoms with Crippen molar-refractivity contribution in [1.29, 1.82) is 5.26 Å². The van der Waals surface area contributed by atoms with E-state index in [9.17, 15) is 13.2 Å². The van der Waals surface area contributed by atoms with E-state index >= 15 is 0 Å². The molecule has 0 radical (unpaired) electrons. The van der Waals surface area contributed by atoms with Gasteiger partial charge in [0.2, 0.25) is 5.91 Å². The molecule has 1 aliphatic carbocycles. The SMILES string of the molecule is N#Cc1cc(NC(=O)C2(S(=O)(=O)c3ccc(Cl)cc3)CCCC2)ccc1Cl. The quantitative estimate of drug-likeness (QED) is 0.779. The zero-order valence-electron chi connectivity index (χ0n) is 14.2. The number of hydrogen-bond donors (Lipinski definition) is 1. The number of nitriles is 1. The van der Waals surface area contributed by atoms with Crippen LogP contribution in [0, 0.1) is 11.3 Å². The minimum atomic E-state index is -3.92. The third-order valence-corrected chi connectivity index (χ3v) is 7.90. The van der Waals surface area contributed by atoms with Crippen molar-refractivity contribution >= 4 is 44.6 Å². The van der Waals surface area contributed by atoms with E-state index < -0.39 is 20.5 Å². The molecule has 1 amide bonds. The molecule has 5 nitrogen and oxygen atoms in total. The monoisotopic (exact) mass is 422 g/mol. The van der Waals surface area contributed by atoms with Crippen LogP contribution in [0.4, 0.5) is 5.69 Å². The van der Waals surface area contributed by atoms with E-state index in [2.05, 4.69) is 5.32 Å². The van der Waals surface area contributed by atoms with Gasteiger partial charge in [-0.25, -0.2) is 8.42 Å². The first kappa shape index (κ1) is 19.7. The molecule has 3 rings (SSSR count). The smallest absolute Gasteiger partial charge is 0.246 e. The molecule has 2 aromatic carbocycles. The average Bonchev–Trinajstić information content (AvgIpc) is 3.15. The highest BCUT2D eigenvalue weighted by Gasteiger charge is 2.52. The summed E-state index contributed by atoms with van der Waals surface area (Å²) in [4.78, 5) is 13.1. The van der Waals surface area contributed by atoms with Crippen molar-refractivity contribution in [3.63, 3.8) is 0 Å². The van der Waals surface area contributed by atoms with Crippen molar-refractivity contribution in [2.75, 3.05) is 5.32 Å². The van der Waals surface area contributed by atoms with E-state index in [1.165, 1.54) is 36.4 Å². The number of carbonyl (C=O) groups is 1. The van der Waals surface area contributed by atoms with Crippen molar-refractivity contribution < 1.29 is 13.2 Å². The maximum Gasteiger partial charge on any atom is 0.246 e. The van der Waals surface area contributed by atoms with Crippen LogP contribution in [0.2, 0.25) is 10.0 Å². The van der Waals surface area contributed by atoms with Crippen LogP contribution in [0.5, 0.6) is 0 Å². The van der Waals surface area contributed by atoms with Gasteiger partial charge in [-0.3, -0.25) is 4.79 Å². The van der Waals surface area contributed by atoms with Crippen molar-refractivity contribution in [3.8, 4) is 6.07 Å². The molecule has 8 heteroatoms. The topological polar surface area (TPSA) is 87.0 Å². The fourth-order valence-corrected chi connectivity index (χ4v) is 5.69. The van der Waals surface area contributed by atoms with E-state index in [0.29, 0.717) is 23.6 Å². The number of anilines is 1. The first-order valence-electron chi connectivity index (χ1n) is 8.31. The lowest BCUT2D eigenvalue weighted by Crippen LogP contribution is -2.47. The highest BCUT2D eigenvalue weighted by Crippen LogP contribution is 2.41. The number of nitrogens with one attached hydrogen (secondary N) is 1. The van der Waals surface area contributed by atoms with E-state index in [4.69, 9.17) is 28.5 Å². The highest BCUT2D eigenvalue weighted by atomic mass is 35.5. The van der Waals surface area contributed by atoms with Crippen LogP contribution >= 0.6 is 23.2 Å². The van der Waals surface area contributed by atoms with E-state index in [-0.39, 0.29) is 28.3 Å². The molecule has 1 saturated carbocycles. The molecule has 0 bridgehead atoms. The lowest BCUT2D eigenvalue weighted by molar-refractivity contribution is -0.118. The Morgan fingerprint density at radius 2 is 1.70 bits per heavy atom. The van der Waals surface area contributed by atoms with E-state index in [1.807, 2.05) is 6.07 Å². The molecule has 1 aliphatic rings. The van der Waals surface area contributed by atoms with Crippen molar-refractivity contribution in [2.45, 2.75) is 35.3 Å². The largest absolute Gasteiger partial charge is 0.325 e. The minimum absolute atomic E-state index is 0.0674. The molecule has 0 aromatic heterocycles. The van der Waals surface area contributed by atoms with Gasteiger partial charge < -0.3 is 5.32 Å². The summed E-state index contributed by atoms with van der Waals surface area (Å²) in [5.74, 6) is -0.596. The van der Waals surface area contributed by atoms with E-state index in [0.717, 1.165) is 0 Å². The van der Waals surface area contributed by atoms with Gasteiger partial charge in [-0.05, 0) is 55.3 Å². The Kier molecular flexibility index (Phi) is 5.48. The number of benzene rings is 2. The van der Waals surface area contributed by atoms with Crippen LogP contribution in [-0.2, 0) is 14.6 Å². The number of sulfone groups is 1. The third kappa shape index (κ3) is 3.55. The molecule has 27 heavy (non-hydrogen) atoms. The number of nitrogens with zero attached hydrogens (tertiary/aromatic N) is 1. The maximum absolute atomic E-state index is 13.3. The molecule has 0 atom stereocenters. The Bertz CT molecular complexity index is 1020. The summed E-state index contributed by atoms with van der Waals surface area (Å²) >= 11 is 11.8. The van der Waals surface area contributed by atoms with Crippen molar-refractivity contribution in [1.82, 2.24) is 0 Å². The summed E-state index contributed by atoms with van der Waals surface area (Å²) in [5.41, 5.74) is 0.536. The van der Waals surface area contributed by atoms with Gasteiger partial charge in [0, 0.05) is 10.7 Å². The molecule has 2 aromatic rings. The van der Waals surface area contributed by atoms with Gasteiger partial charge in [0.15, 0.2) is 14.6 Å². The molecule has 1 fully saturated rings.